The van der Waals surface area contributed by atoms with Crippen LogP contribution in [0.25, 0.3) is 6.08 Å². The molecule has 0 fully saturated rings. The third-order valence-electron chi connectivity index (χ3n) is 3.07. The Morgan fingerprint density at radius 3 is 2.48 bits per heavy atom. The number of carbonyl (C=O) groups excluding carboxylic acids is 1. The first-order valence-electron chi connectivity index (χ1n) is 7.17. The topological polar surface area (TPSA) is 49.4 Å². The highest BCUT2D eigenvalue weighted by atomic mass is 35.5. The van der Waals surface area contributed by atoms with E-state index in [1.54, 1.807) is 37.3 Å². The second kappa shape index (κ2) is 8.77. The van der Waals surface area contributed by atoms with Gasteiger partial charge in [-0.05, 0) is 47.9 Å². The number of hydrogen-bond acceptors (Lipinski definition) is 3. The van der Waals surface area contributed by atoms with Gasteiger partial charge in [-0.15, -0.1) is 0 Å². The molecule has 0 aliphatic heterocycles. The van der Waals surface area contributed by atoms with Crippen LogP contribution in [0.3, 0.4) is 0 Å². The van der Waals surface area contributed by atoms with E-state index in [2.05, 4.69) is 0 Å². The molecule has 0 spiro atoms. The fraction of sp³-hybridized carbons (Fsp3) is 0.167. The summed E-state index contributed by atoms with van der Waals surface area (Å²) in [6.45, 7) is 2.00. The molecule has 0 radical (unpaired) electrons. The molecule has 0 aliphatic carbocycles. The van der Waals surface area contributed by atoms with Crippen LogP contribution in [0, 0.1) is 0 Å². The first-order chi connectivity index (χ1) is 11.1. The standard InChI is InChI=1S/C18H17ClO3S/c1-2-22-18(20)15(12-14-8-6-7-11-17(14)19)13-23(21)16-9-4-3-5-10-16/h3-12H,2,13H2,1H3/b15-12+. The minimum atomic E-state index is -1.33. The number of hydrogen-bond donors (Lipinski definition) is 0. The quantitative estimate of drug-likeness (QED) is 0.448. The summed E-state index contributed by atoms with van der Waals surface area (Å²) in [5.41, 5.74) is 1.03. The third-order valence-corrected chi connectivity index (χ3v) is 4.78. The van der Waals surface area contributed by atoms with Crippen LogP contribution in [-0.2, 0) is 20.7 Å². The number of ether oxygens (including phenoxy) is 1. The van der Waals surface area contributed by atoms with Gasteiger partial charge in [0.1, 0.15) is 5.75 Å². The molecule has 0 bridgehead atoms. The van der Waals surface area contributed by atoms with Crippen molar-refractivity contribution in [3.8, 4) is 0 Å². The summed E-state index contributed by atoms with van der Waals surface area (Å²) in [7, 11) is 0. The van der Waals surface area contributed by atoms with Crippen molar-refractivity contribution in [3.05, 3.63) is 70.8 Å². The van der Waals surface area contributed by atoms with E-state index in [0.717, 1.165) is 0 Å². The van der Waals surface area contributed by atoms with E-state index >= 15 is 0 Å². The second-order valence-corrected chi connectivity index (χ2v) is 6.57. The Labute approximate surface area is 144 Å². The summed E-state index contributed by atoms with van der Waals surface area (Å²) in [5.74, 6) is -0.398. The highest BCUT2D eigenvalue weighted by Gasteiger charge is 2.20. The maximum absolute atomic E-state index is 12.5. The smallest absolute Gasteiger partial charge is 0.338 e. The van der Waals surface area contributed by atoms with Gasteiger partial charge in [0.25, 0.3) is 0 Å². The summed E-state index contributed by atoms with van der Waals surface area (Å²) >= 11 is 4.80. The van der Waals surface area contributed by atoms with Crippen molar-refractivity contribution in [3.63, 3.8) is 0 Å². The lowest BCUT2D eigenvalue weighted by Gasteiger charge is -2.12. The molecule has 0 aromatic heterocycles. The number of benzene rings is 2. The van der Waals surface area contributed by atoms with Crippen molar-refractivity contribution >= 4 is 34.8 Å². The minimum absolute atomic E-state index is 0.0775. The fourth-order valence-electron chi connectivity index (χ4n) is 1.96. The van der Waals surface area contributed by atoms with E-state index < -0.39 is 17.1 Å². The molecule has 2 aromatic carbocycles. The van der Waals surface area contributed by atoms with Crippen LogP contribution in [0.15, 0.2) is 65.1 Å². The molecule has 23 heavy (non-hydrogen) atoms. The molecule has 2 rings (SSSR count). The van der Waals surface area contributed by atoms with Crippen LogP contribution in [0.5, 0.6) is 0 Å². The minimum Gasteiger partial charge on any atom is -0.611 e. The second-order valence-electron chi connectivity index (χ2n) is 4.71. The molecule has 0 amide bonds. The lowest BCUT2D eigenvalue weighted by molar-refractivity contribution is -0.138. The largest absolute Gasteiger partial charge is 0.611 e. The van der Waals surface area contributed by atoms with Gasteiger partial charge in [0.05, 0.1) is 12.2 Å². The first kappa shape index (κ1) is 17.6. The van der Waals surface area contributed by atoms with Gasteiger partial charge in [-0.1, -0.05) is 48.0 Å². The first-order valence-corrected chi connectivity index (χ1v) is 8.87. The molecule has 3 nitrogen and oxygen atoms in total. The molecule has 0 N–H and O–H groups in total. The normalized spacial score (nSPS) is 12.7. The van der Waals surface area contributed by atoms with Gasteiger partial charge >= 0.3 is 5.97 Å². The maximum Gasteiger partial charge on any atom is 0.338 e. The van der Waals surface area contributed by atoms with Gasteiger partial charge in [0.15, 0.2) is 4.90 Å². The van der Waals surface area contributed by atoms with E-state index in [9.17, 15) is 9.35 Å². The van der Waals surface area contributed by atoms with Crippen molar-refractivity contribution < 1.29 is 14.1 Å². The predicted molar refractivity (Wildman–Crippen MR) is 93.8 cm³/mol. The van der Waals surface area contributed by atoms with Crippen molar-refractivity contribution in [2.75, 3.05) is 12.4 Å². The average molecular weight is 349 g/mol. The van der Waals surface area contributed by atoms with Crippen LogP contribution in [-0.4, -0.2) is 22.9 Å². The van der Waals surface area contributed by atoms with Gasteiger partial charge in [0, 0.05) is 5.02 Å². The van der Waals surface area contributed by atoms with Crippen LogP contribution in [0.1, 0.15) is 12.5 Å². The van der Waals surface area contributed by atoms with Gasteiger partial charge in [-0.25, -0.2) is 4.79 Å². The number of esters is 1. The highest BCUT2D eigenvalue weighted by Crippen LogP contribution is 2.21. The molecular weight excluding hydrogens is 332 g/mol. The average Bonchev–Trinajstić information content (AvgIpc) is 2.57. The summed E-state index contributed by atoms with van der Waals surface area (Å²) in [6.07, 6.45) is 1.64. The Bertz CT molecular complexity index is 686. The van der Waals surface area contributed by atoms with E-state index in [4.69, 9.17) is 16.3 Å². The fourth-order valence-corrected chi connectivity index (χ4v) is 3.26. The van der Waals surface area contributed by atoms with Gasteiger partial charge in [-0.3, -0.25) is 0 Å². The molecule has 0 saturated carbocycles. The molecular formula is C18H17ClO3S. The van der Waals surface area contributed by atoms with Crippen LogP contribution >= 0.6 is 11.6 Å². The Morgan fingerprint density at radius 1 is 1.17 bits per heavy atom. The van der Waals surface area contributed by atoms with Gasteiger partial charge < -0.3 is 9.29 Å². The lowest BCUT2D eigenvalue weighted by Crippen LogP contribution is -2.17. The van der Waals surface area contributed by atoms with Crippen LogP contribution in [0.4, 0.5) is 0 Å². The zero-order valence-corrected chi connectivity index (χ0v) is 14.3. The summed E-state index contributed by atoms with van der Waals surface area (Å²) < 4.78 is 17.5. The Hall–Kier alpha value is -1.75. The molecule has 1 atom stereocenters. The van der Waals surface area contributed by atoms with Crippen molar-refractivity contribution in [2.24, 2.45) is 0 Å². The Morgan fingerprint density at radius 2 is 1.83 bits per heavy atom. The van der Waals surface area contributed by atoms with Crippen molar-refractivity contribution in [1.29, 1.82) is 0 Å². The molecule has 5 heteroatoms. The van der Waals surface area contributed by atoms with E-state index in [-0.39, 0.29) is 12.4 Å². The summed E-state index contributed by atoms with van der Waals surface area (Å²) in [4.78, 5) is 12.8. The van der Waals surface area contributed by atoms with E-state index in [1.165, 1.54) is 0 Å². The maximum atomic E-state index is 12.5. The lowest BCUT2D eigenvalue weighted by atomic mass is 10.1. The predicted octanol–water partition coefficient (Wildman–Crippen LogP) is 4.09. The molecule has 120 valence electrons. The van der Waals surface area contributed by atoms with Crippen molar-refractivity contribution in [1.82, 2.24) is 0 Å². The van der Waals surface area contributed by atoms with Gasteiger partial charge in [0.2, 0.25) is 0 Å². The van der Waals surface area contributed by atoms with E-state index in [1.807, 2.05) is 30.3 Å². The Balaban J connectivity index is 2.28. The Kier molecular flexibility index (Phi) is 6.71. The van der Waals surface area contributed by atoms with Crippen LogP contribution in [0.2, 0.25) is 5.02 Å². The third kappa shape index (κ3) is 5.13. The van der Waals surface area contributed by atoms with E-state index in [0.29, 0.717) is 21.1 Å². The highest BCUT2D eigenvalue weighted by molar-refractivity contribution is 7.91. The summed E-state index contributed by atoms with van der Waals surface area (Å²) in [5, 5.41) is 0.528. The monoisotopic (exact) mass is 348 g/mol. The molecule has 0 heterocycles. The van der Waals surface area contributed by atoms with Gasteiger partial charge in [-0.2, -0.15) is 0 Å². The summed E-state index contributed by atoms with van der Waals surface area (Å²) in [6, 6.07) is 16.2. The number of carbonyl (C=O) groups is 1. The zero-order chi connectivity index (χ0) is 16.7. The number of rotatable bonds is 6. The molecule has 2 aromatic rings. The number of halogens is 1. The SMILES string of the molecule is CCOC(=O)/C(=C/c1ccccc1Cl)C[S+]([O-])c1ccccc1. The molecule has 0 aliphatic rings. The zero-order valence-electron chi connectivity index (χ0n) is 12.7. The molecule has 0 saturated heterocycles. The molecule has 1 unspecified atom stereocenters. The van der Waals surface area contributed by atoms with Crippen molar-refractivity contribution in [2.45, 2.75) is 11.8 Å². The van der Waals surface area contributed by atoms with Crippen LogP contribution < -0.4 is 0 Å².